The molecule has 114 valence electrons. The second kappa shape index (κ2) is 4.89. The van der Waals surface area contributed by atoms with E-state index in [1.165, 1.54) is 0 Å². The standard InChI is InChI=1S/C12H15F4NO3/c13-11(14)3-1-7(2-4-11)9(18)17-6-12(15,16)5-8(17)10(19)20/h7-8H,1-6H2,(H,19,20)/t8-/m0/s1. The first-order valence-corrected chi connectivity index (χ1v) is 6.40. The zero-order valence-electron chi connectivity index (χ0n) is 10.6. The van der Waals surface area contributed by atoms with E-state index >= 15 is 0 Å². The molecule has 1 atom stereocenters. The SMILES string of the molecule is O=C(O)[C@@H]1CC(F)(F)CN1C(=O)C1CCC(F)(F)CC1. The Hall–Kier alpha value is -1.34. The molecule has 0 radical (unpaired) electrons. The number of alkyl halides is 4. The van der Waals surface area contributed by atoms with Crippen LogP contribution >= 0.6 is 0 Å². The van der Waals surface area contributed by atoms with Gasteiger partial charge in [0, 0.05) is 25.2 Å². The third-order valence-corrected chi connectivity index (χ3v) is 3.90. The third-order valence-electron chi connectivity index (χ3n) is 3.90. The number of amides is 1. The Kier molecular flexibility index (Phi) is 3.68. The summed E-state index contributed by atoms with van der Waals surface area (Å²) in [5.74, 6) is -9.08. The molecular weight excluding hydrogens is 282 g/mol. The molecule has 1 saturated carbocycles. The number of carboxylic acid groups (broad SMARTS) is 1. The number of aliphatic carboxylic acids is 1. The van der Waals surface area contributed by atoms with Crippen LogP contribution < -0.4 is 0 Å². The summed E-state index contributed by atoms with van der Waals surface area (Å²) in [4.78, 5) is 23.7. The van der Waals surface area contributed by atoms with Crippen LogP contribution in [-0.4, -0.2) is 46.3 Å². The summed E-state index contributed by atoms with van der Waals surface area (Å²) in [5.41, 5.74) is 0. The molecule has 2 rings (SSSR count). The molecule has 0 spiro atoms. The van der Waals surface area contributed by atoms with Gasteiger partial charge in [0.15, 0.2) is 0 Å². The normalized spacial score (nSPS) is 29.4. The molecule has 2 fully saturated rings. The average molecular weight is 297 g/mol. The van der Waals surface area contributed by atoms with Gasteiger partial charge in [-0.3, -0.25) is 4.79 Å². The minimum atomic E-state index is -3.24. The Balaban J connectivity index is 2.06. The van der Waals surface area contributed by atoms with Gasteiger partial charge in [-0.05, 0) is 12.8 Å². The lowest BCUT2D eigenvalue weighted by atomic mass is 9.86. The maximum absolute atomic E-state index is 13.3. The summed E-state index contributed by atoms with van der Waals surface area (Å²) >= 11 is 0. The Morgan fingerprint density at radius 1 is 1.05 bits per heavy atom. The fraction of sp³-hybridized carbons (Fsp3) is 0.833. The minimum Gasteiger partial charge on any atom is -0.480 e. The first-order chi connectivity index (χ1) is 9.11. The monoisotopic (exact) mass is 297 g/mol. The highest BCUT2D eigenvalue weighted by Gasteiger charge is 2.51. The van der Waals surface area contributed by atoms with Gasteiger partial charge >= 0.3 is 5.97 Å². The van der Waals surface area contributed by atoms with E-state index in [9.17, 15) is 27.2 Å². The number of hydrogen-bond donors (Lipinski definition) is 1. The largest absolute Gasteiger partial charge is 0.480 e. The van der Waals surface area contributed by atoms with Gasteiger partial charge in [0.2, 0.25) is 11.8 Å². The first-order valence-electron chi connectivity index (χ1n) is 6.40. The summed E-state index contributed by atoms with van der Waals surface area (Å²) in [6.07, 6.45) is -2.05. The maximum Gasteiger partial charge on any atom is 0.326 e. The zero-order valence-corrected chi connectivity index (χ0v) is 10.6. The number of carbonyl (C=O) groups is 2. The Morgan fingerprint density at radius 3 is 2.10 bits per heavy atom. The second-order valence-corrected chi connectivity index (χ2v) is 5.51. The molecule has 0 aromatic heterocycles. The Morgan fingerprint density at radius 2 is 1.60 bits per heavy atom. The van der Waals surface area contributed by atoms with E-state index in [1.54, 1.807) is 0 Å². The molecule has 1 amide bonds. The lowest BCUT2D eigenvalue weighted by Crippen LogP contribution is -2.45. The molecule has 1 aliphatic carbocycles. The van der Waals surface area contributed by atoms with Gasteiger partial charge in [0.05, 0.1) is 6.54 Å². The molecule has 4 nitrogen and oxygen atoms in total. The van der Waals surface area contributed by atoms with Crippen molar-refractivity contribution in [3.63, 3.8) is 0 Å². The van der Waals surface area contributed by atoms with Crippen molar-refractivity contribution < 1.29 is 32.3 Å². The van der Waals surface area contributed by atoms with Crippen molar-refractivity contribution in [2.24, 2.45) is 5.92 Å². The lowest BCUT2D eigenvalue weighted by Gasteiger charge is -2.31. The number of halogens is 4. The average Bonchev–Trinajstić information content (AvgIpc) is 2.65. The van der Waals surface area contributed by atoms with Gasteiger partial charge in [-0.15, -0.1) is 0 Å². The summed E-state index contributed by atoms with van der Waals surface area (Å²) < 4.78 is 52.6. The Bertz CT molecular complexity index is 417. The summed E-state index contributed by atoms with van der Waals surface area (Å²) in [6.45, 7) is -0.949. The molecule has 2 aliphatic rings. The fourth-order valence-corrected chi connectivity index (χ4v) is 2.79. The predicted octanol–water partition coefficient (Wildman–Crippen LogP) is 2.13. The third kappa shape index (κ3) is 3.04. The van der Waals surface area contributed by atoms with E-state index in [0.717, 1.165) is 0 Å². The van der Waals surface area contributed by atoms with Crippen molar-refractivity contribution in [1.29, 1.82) is 0 Å². The van der Waals surface area contributed by atoms with Gasteiger partial charge in [-0.2, -0.15) is 0 Å². The van der Waals surface area contributed by atoms with Crippen LogP contribution in [0.25, 0.3) is 0 Å². The van der Waals surface area contributed by atoms with Crippen molar-refractivity contribution in [3.05, 3.63) is 0 Å². The topological polar surface area (TPSA) is 57.6 Å². The zero-order chi connectivity index (χ0) is 15.1. The number of carbonyl (C=O) groups excluding carboxylic acids is 1. The van der Waals surface area contributed by atoms with Crippen molar-refractivity contribution in [2.45, 2.75) is 50.0 Å². The highest BCUT2D eigenvalue weighted by atomic mass is 19.3. The minimum absolute atomic E-state index is 0.0970. The van der Waals surface area contributed by atoms with Crippen LogP contribution in [0.5, 0.6) is 0 Å². The quantitative estimate of drug-likeness (QED) is 0.794. The predicted molar refractivity (Wildman–Crippen MR) is 59.6 cm³/mol. The number of nitrogens with zero attached hydrogens (tertiary/aromatic N) is 1. The van der Waals surface area contributed by atoms with Crippen LogP contribution in [0.2, 0.25) is 0 Å². The van der Waals surface area contributed by atoms with Gasteiger partial charge in [0.25, 0.3) is 5.92 Å². The molecule has 1 heterocycles. The summed E-state index contributed by atoms with van der Waals surface area (Å²) in [5, 5.41) is 8.90. The van der Waals surface area contributed by atoms with Crippen LogP contribution in [0, 0.1) is 5.92 Å². The molecule has 0 aromatic rings. The van der Waals surface area contributed by atoms with Gasteiger partial charge in [-0.25, -0.2) is 22.4 Å². The summed E-state index contributed by atoms with van der Waals surface area (Å²) in [6, 6.07) is -1.57. The maximum atomic E-state index is 13.3. The van der Waals surface area contributed by atoms with Crippen molar-refractivity contribution in [2.75, 3.05) is 6.54 Å². The second-order valence-electron chi connectivity index (χ2n) is 5.51. The van der Waals surface area contributed by atoms with Crippen molar-refractivity contribution >= 4 is 11.9 Å². The molecule has 1 N–H and O–H groups in total. The van der Waals surface area contributed by atoms with E-state index in [4.69, 9.17) is 5.11 Å². The molecule has 20 heavy (non-hydrogen) atoms. The van der Waals surface area contributed by atoms with Gasteiger partial charge in [0.1, 0.15) is 6.04 Å². The number of hydrogen-bond acceptors (Lipinski definition) is 2. The highest BCUT2D eigenvalue weighted by Crippen LogP contribution is 2.39. The molecule has 0 aromatic carbocycles. The van der Waals surface area contributed by atoms with Gasteiger partial charge < -0.3 is 10.0 Å². The molecule has 0 bridgehead atoms. The molecule has 8 heteroatoms. The molecule has 0 unspecified atom stereocenters. The Labute approximate surface area is 112 Å². The van der Waals surface area contributed by atoms with Crippen molar-refractivity contribution in [1.82, 2.24) is 4.90 Å². The lowest BCUT2D eigenvalue weighted by molar-refractivity contribution is -0.151. The van der Waals surface area contributed by atoms with E-state index in [-0.39, 0.29) is 12.8 Å². The van der Waals surface area contributed by atoms with Crippen LogP contribution in [0.15, 0.2) is 0 Å². The van der Waals surface area contributed by atoms with Crippen molar-refractivity contribution in [3.8, 4) is 0 Å². The number of rotatable bonds is 2. The van der Waals surface area contributed by atoms with Crippen LogP contribution in [-0.2, 0) is 9.59 Å². The molecule has 1 saturated heterocycles. The summed E-state index contributed by atoms with van der Waals surface area (Å²) in [7, 11) is 0. The fourth-order valence-electron chi connectivity index (χ4n) is 2.79. The van der Waals surface area contributed by atoms with Crippen LogP contribution in [0.1, 0.15) is 32.1 Å². The molecular formula is C12H15F4NO3. The molecule has 1 aliphatic heterocycles. The highest BCUT2D eigenvalue weighted by molar-refractivity contribution is 5.86. The van der Waals surface area contributed by atoms with E-state index in [1.807, 2.05) is 0 Å². The van der Waals surface area contributed by atoms with E-state index < -0.39 is 61.5 Å². The van der Waals surface area contributed by atoms with Crippen LogP contribution in [0.4, 0.5) is 17.6 Å². The number of carboxylic acids is 1. The first kappa shape index (κ1) is 15.1. The van der Waals surface area contributed by atoms with Gasteiger partial charge in [-0.1, -0.05) is 0 Å². The van der Waals surface area contributed by atoms with E-state index in [2.05, 4.69) is 0 Å². The van der Waals surface area contributed by atoms with Crippen LogP contribution in [0.3, 0.4) is 0 Å². The smallest absolute Gasteiger partial charge is 0.326 e. The van der Waals surface area contributed by atoms with E-state index in [0.29, 0.717) is 4.90 Å². The number of likely N-dealkylation sites (tertiary alicyclic amines) is 1.